The maximum Gasteiger partial charge on any atom is 0.300 e. The third kappa shape index (κ3) is 17.7. The zero-order valence-corrected chi connectivity index (χ0v) is 7.82. The molecule has 0 atom stereocenters. The molecule has 0 rings (SSSR count). The summed E-state index contributed by atoms with van der Waals surface area (Å²) in [6.45, 7) is 7.79. The lowest BCUT2D eigenvalue weighted by atomic mass is 10.1. The number of rotatable bonds is 3. The predicted octanol–water partition coefficient (Wildman–Crippen LogP) is 3.00. The molecule has 3 heteroatoms. The molecule has 2 N–H and O–H groups in total. The Bertz CT molecular complexity index is 76.7. The van der Waals surface area contributed by atoms with Gasteiger partial charge in [-0.15, -0.1) is 0 Å². The van der Waals surface area contributed by atoms with Crippen molar-refractivity contribution in [2.24, 2.45) is 11.7 Å². The van der Waals surface area contributed by atoms with Crippen LogP contribution in [0.25, 0.3) is 0 Å². The van der Waals surface area contributed by atoms with Crippen LogP contribution in [0.1, 0.15) is 40.5 Å². The van der Waals surface area contributed by atoms with Crippen LogP contribution in [0.3, 0.4) is 0 Å². The Labute approximate surface area is 68.0 Å². The summed E-state index contributed by atoms with van der Waals surface area (Å²) in [5, 5.41) is 0. The van der Waals surface area contributed by atoms with Crippen LogP contribution in [-0.4, -0.2) is 6.05 Å². The predicted molar refractivity (Wildman–Crippen MR) is 44.6 cm³/mol. The van der Waals surface area contributed by atoms with Crippen LogP contribution in [0.4, 0.5) is 8.78 Å². The first-order valence-electron chi connectivity index (χ1n) is 4.08. The summed E-state index contributed by atoms with van der Waals surface area (Å²) < 4.78 is 23.7. The van der Waals surface area contributed by atoms with Crippen molar-refractivity contribution in [3.8, 4) is 0 Å². The molecule has 0 bridgehead atoms. The fraction of sp³-hybridized carbons (Fsp3) is 1.00. The smallest absolute Gasteiger partial charge is 0.272 e. The number of nitrogens with two attached hydrogens (primary N) is 1. The highest BCUT2D eigenvalue weighted by atomic mass is 19.3. The van der Waals surface area contributed by atoms with E-state index in [0.717, 1.165) is 0 Å². The standard InChI is InChI=1S/C6H13F2N.C2H6/c1-5(2)3-4-6(7,8)9;1-2/h5H,3-4,9H2,1-2H3;1-2H3. The molecule has 0 saturated heterocycles. The molecular formula is C8H19F2N. The van der Waals surface area contributed by atoms with Crippen LogP contribution < -0.4 is 5.73 Å². The molecule has 0 aliphatic carbocycles. The lowest BCUT2D eigenvalue weighted by molar-refractivity contribution is -0.00557. The van der Waals surface area contributed by atoms with Gasteiger partial charge in [-0.25, -0.2) is 0 Å². The molecule has 0 unspecified atom stereocenters. The molecular weight excluding hydrogens is 148 g/mol. The number of hydrogen-bond acceptors (Lipinski definition) is 1. The van der Waals surface area contributed by atoms with E-state index in [2.05, 4.69) is 5.73 Å². The molecule has 0 aliphatic heterocycles. The van der Waals surface area contributed by atoms with Gasteiger partial charge in [0.05, 0.1) is 0 Å². The summed E-state index contributed by atoms with van der Waals surface area (Å²) in [6, 6.07) is -2.97. The van der Waals surface area contributed by atoms with E-state index in [1.54, 1.807) is 0 Å². The lowest BCUT2D eigenvalue weighted by Crippen LogP contribution is -2.28. The SMILES string of the molecule is CC.CC(C)CCC(N)(F)F. The maximum absolute atomic E-state index is 11.9. The molecule has 0 spiro atoms. The minimum atomic E-state index is -2.97. The third-order valence-electron chi connectivity index (χ3n) is 1.06. The highest BCUT2D eigenvalue weighted by Crippen LogP contribution is 2.16. The van der Waals surface area contributed by atoms with Crippen LogP contribution in [0, 0.1) is 5.92 Å². The van der Waals surface area contributed by atoms with E-state index in [0.29, 0.717) is 12.3 Å². The van der Waals surface area contributed by atoms with Gasteiger partial charge < -0.3 is 0 Å². The van der Waals surface area contributed by atoms with Crippen LogP contribution >= 0.6 is 0 Å². The van der Waals surface area contributed by atoms with Crippen molar-refractivity contribution in [2.75, 3.05) is 0 Å². The van der Waals surface area contributed by atoms with Crippen LogP contribution in [-0.2, 0) is 0 Å². The molecule has 0 radical (unpaired) electrons. The summed E-state index contributed by atoms with van der Waals surface area (Å²) in [5.41, 5.74) is 4.45. The van der Waals surface area contributed by atoms with Gasteiger partial charge in [0.1, 0.15) is 0 Å². The lowest BCUT2D eigenvalue weighted by Gasteiger charge is -2.10. The Morgan fingerprint density at radius 1 is 1.27 bits per heavy atom. The second kappa shape index (κ2) is 6.53. The topological polar surface area (TPSA) is 26.0 Å². The minimum Gasteiger partial charge on any atom is -0.272 e. The van der Waals surface area contributed by atoms with Crippen LogP contribution in [0.2, 0.25) is 0 Å². The molecule has 0 aliphatic rings. The summed E-state index contributed by atoms with van der Waals surface area (Å²) >= 11 is 0. The van der Waals surface area contributed by atoms with E-state index in [-0.39, 0.29) is 6.42 Å². The second-order valence-corrected chi connectivity index (χ2v) is 2.69. The highest BCUT2D eigenvalue weighted by molar-refractivity contribution is 4.57. The van der Waals surface area contributed by atoms with Gasteiger partial charge in [-0.1, -0.05) is 27.7 Å². The summed E-state index contributed by atoms with van der Waals surface area (Å²) in [4.78, 5) is 0. The van der Waals surface area contributed by atoms with E-state index in [4.69, 9.17) is 0 Å². The van der Waals surface area contributed by atoms with Gasteiger partial charge in [0.2, 0.25) is 0 Å². The van der Waals surface area contributed by atoms with Crippen LogP contribution in [0.15, 0.2) is 0 Å². The summed E-state index contributed by atoms with van der Waals surface area (Å²) in [5.74, 6) is 0.305. The van der Waals surface area contributed by atoms with Crippen molar-refractivity contribution in [3.05, 3.63) is 0 Å². The van der Waals surface area contributed by atoms with Crippen molar-refractivity contribution in [1.29, 1.82) is 0 Å². The average Bonchev–Trinajstić information content (AvgIpc) is 1.87. The molecule has 11 heavy (non-hydrogen) atoms. The fourth-order valence-electron chi connectivity index (χ4n) is 0.481. The minimum absolute atomic E-state index is 0.204. The second-order valence-electron chi connectivity index (χ2n) is 2.69. The van der Waals surface area contributed by atoms with Crippen molar-refractivity contribution in [1.82, 2.24) is 0 Å². The van der Waals surface area contributed by atoms with E-state index >= 15 is 0 Å². The molecule has 1 nitrogen and oxygen atoms in total. The van der Waals surface area contributed by atoms with E-state index in [1.807, 2.05) is 27.7 Å². The zero-order chi connectivity index (χ0) is 9.49. The Morgan fingerprint density at radius 2 is 1.64 bits per heavy atom. The molecule has 0 amide bonds. The zero-order valence-electron chi connectivity index (χ0n) is 7.82. The van der Waals surface area contributed by atoms with Crippen molar-refractivity contribution >= 4 is 0 Å². The number of halogens is 2. The van der Waals surface area contributed by atoms with E-state index in [9.17, 15) is 8.78 Å². The number of hydrogen-bond donors (Lipinski definition) is 1. The monoisotopic (exact) mass is 167 g/mol. The first-order valence-corrected chi connectivity index (χ1v) is 4.08. The number of alkyl halides is 2. The van der Waals surface area contributed by atoms with Gasteiger partial charge in [-0.2, -0.15) is 8.78 Å². The summed E-state index contributed by atoms with van der Waals surface area (Å²) in [6.07, 6.45) is 0.286. The van der Waals surface area contributed by atoms with Crippen LogP contribution in [0.5, 0.6) is 0 Å². The van der Waals surface area contributed by atoms with Gasteiger partial charge in [-0.3, -0.25) is 5.73 Å². The molecule has 0 heterocycles. The molecule has 0 aromatic rings. The van der Waals surface area contributed by atoms with Gasteiger partial charge in [0, 0.05) is 6.42 Å². The van der Waals surface area contributed by atoms with Gasteiger partial charge in [-0.05, 0) is 12.3 Å². The van der Waals surface area contributed by atoms with Gasteiger partial charge >= 0.3 is 0 Å². The van der Waals surface area contributed by atoms with Crippen molar-refractivity contribution in [3.63, 3.8) is 0 Å². The largest absolute Gasteiger partial charge is 0.300 e. The van der Waals surface area contributed by atoms with Crippen molar-refractivity contribution in [2.45, 2.75) is 46.6 Å². The molecule has 0 saturated carbocycles. The first-order chi connectivity index (χ1) is 4.92. The van der Waals surface area contributed by atoms with Gasteiger partial charge in [0.25, 0.3) is 6.05 Å². The average molecular weight is 167 g/mol. The Hall–Kier alpha value is -0.180. The molecule has 0 aromatic heterocycles. The Kier molecular flexibility index (Phi) is 7.96. The van der Waals surface area contributed by atoms with E-state index < -0.39 is 6.05 Å². The maximum atomic E-state index is 11.9. The third-order valence-corrected chi connectivity index (χ3v) is 1.06. The normalized spacial score (nSPS) is 10.9. The molecule has 0 aromatic carbocycles. The summed E-state index contributed by atoms with van der Waals surface area (Å²) in [7, 11) is 0. The van der Waals surface area contributed by atoms with Gasteiger partial charge in [0.15, 0.2) is 0 Å². The fourth-order valence-corrected chi connectivity index (χ4v) is 0.481. The molecule has 70 valence electrons. The first kappa shape index (κ1) is 13.4. The Balaban J connectivity index is 0. The quantitative estimate of drug-likeness (QED) is 0.642. The van der Waals surface area contributed by atoms with Crippen molar-refractivity contribution < 1.29 is 8.78 Å². The highest BCUT2D eigenvalue weighted by Gasteiger charge is 2.20. The molecule has 0 fully saturated rings. The van der Waals surface area contributed by atoms with E-state index in [1.165, 1.54) is 0 Å². The Morgan fingerprint density at radius 3 is 1.73 bits per heavy atom.